The molecule has 1 rings (SSSR count). The van der Waals surface area contributed by atoms with Crippen molar-refractivity contribution in [3.05, 3.63) is 12.2 Å². The highest BCUT2D eigenvalue weighted by Gasteiger charge is 2.32. The van der Waals surface area contributed by atoms with Crippen LogP contribution in [-0.4, -0.2) is 47.4 Å². The molecule has 0 bridgehead atoms. The van der Waals surface area contributed by atoms with Gasteiger partial charge in [-0.1, -0.05) is 0 Å². The fourth-order valence-electron chi connectivity index (χ4n) is 1.53. The minimum Gasteiger partial charge on any atom is -0.478 e. The van der Waals surface area contributed by atoms with Gasteiger partial charge in [0.1, 0.15) is 0 Å². The van der Waals surface area contributed by atoms with Crippen LogP contribution in [0.1, 0.15) is 12.8 Å². The summed E-state index contributed by atoms with van der Waals surface area (Å²) in [5.74, 6) is -1.70. The van der Waals surface area contributed by atoms with Crippen molar-refractivity contribution >= 4 is 11.9 Å². The summed E-state index contributed by atoms with van der Waals surface area (Å²) in [6, 6.07) is 0. The van der Waals surface area contributed by atoms with Gasteiger partial charge in [0.25, 0.3) is 0 Å². The van der Waals surface area contributed by atoms with Gasteiger partial charge in [0, 0.05) is 25.4 Å². The maximum atomic E-state index is 11.4. The molecule has 0 aliphatic carbocycles. The number of carbonyl (C=O) groups excluding carboxylic acids is 1. The third-order valence-corrected chi connectivity index (χ3v) is 2.52. The average molecular weight is 229 g/mol. The van der Waals surface area contributed by atoms with Crippen molar-refractivity contribution in [1.82, 2.24) is 5.32 Å². The Kier molecular flexibility index (Phi) is 4.45. The topological polar surface area (TPSA) is 95.9 Å². The third-order valence-electron chi connectivity index (χ3n) is 2.52. The van der Waals surface area contributed by atoms with Crippen LogP contribution in [0, 0.1) is 0 Å². The van der Waals surface area contributed by atoms with Gasteiger partial charge in [0.05, 0.1) is 12.1 Å². The molecule has 6 heteroatoms. The van der Waals surface area contributed by atoms with Crippen LogP contribution in [-0.2, 0) is 14.3 Å². The SMILES string of the molecule is O=C(O)/C=C/C(=O)NC1(CO)CCOCC1. The van der Waals surface area contributed by atoms with Gasteiger partial charge in [-0.05, 0) is 12.8 Å². The van der Waals surface area contributed by atoms with Crippen LogP contribution >= 0.6 is 0 Å². The highest BCUT2D eigenvalue weighted by atomic mass is 16.5. The number of carbonyl (C=O) groups is 2. The summed E-state index contributed by atoms with van der Waals surface area (Å²) in [5.41, 5.74) is -0.682. The summed E-state index contributed by atoms with van der Waals surface area (Å²) in [4.78, 5) is 21.6. The first kappa shape index (κ1) is 12.7. The number of amides is 1. The number of hydrogen-bond donors (Lipinski definition) is 3. The normalized spacial score (nSPS) is 19.6. The van der Waals surface area contributed by atoms with E-state index in [2.05, 4.69) is 5.32 Å². The molecular formula is C10H15NO5. The summed E-state index contributed by atoms with van der Waals surface area (Å²) < 4.78 is 5.13. The molecule has 3 N–H and O–H groups in total. The molecule has 0 aromatic heterocycles. The second-order valence-electron chi connectivity index (χ2n) is 3.71. The Morgan fingerprint density at radius 3 is 2.44 bits per heavy atom. The van der Waals surface area contributed by atoms with Crippen LogP contribution in [0.3, 0.4) is 0 Å². The Hall–Kier alpha value is -1.40. The van der Waals surface area contributed by atoms with Crippen molar-refractivity contribution < 1.29 is 24.5 Å². The highest BCUT2D eigenvalue weighted by molar-refractivity contribution is 5.94. The molecule has 6 nitrogen and oxygen atoms in total. The van der Waals surface area contributed by atoms with E-state index in [4.69, 9.17) is 9.84 Å². The average Bonchev–Trinajstić information content (AvgIpc) is 2.28. The second kappa shape index (κ2) is 5.62. The lowest BCUT2D eigenvalue weighted by Crippen LogP contribution is -2.54. The number of carboxylic acid groups (broad SMARTS) is 1. The Bertz CT molecular complexity index is 294. The van der Waals surface area contributed by atoms with Gasteiger partial charge in [0.2, 0.25) is 5.91 Å². The molecule has 0 spiro atoms. The van der Waals surface area contributed by atoms with Crippen LogP contribution in [0.25, 0.3) is 0 Å². The van der Waals surface area contributed by atoms with Crippen LogP contribution in [0.4, 0.5) is 0 Å². The molecule has 1 fully saturated rings. The van der Waals surface area contributed by atoms with Gasteiger partial charge in [-0.3, -0.25) is 4.79 Å². The fraction of sp³-hybridized carbons (Fsp3) is 0.600. The molecule has 1 saturated heterocycles. The number of aliphatic carboxylic acids is 1. The fourth-order valence-corrected chi connectivity index (χ4v) is 1.53. The molecular weight excluding hydrogens is 214 g/mol. The Morgan fingerprint density at radius 2 is 1.94 bits per heavy atom. The largest absolute Gasteiger partial charge is 0.478 e. The monoisotopic (exact) mass is 229 g/mol. The third kappa shape index (κ3) is 3.63. The summed E-state index contributed by atoms with van der Waals surface area (Å²) in [7, 11) is 0. The molecule has 0 atom stereocenters. The summed E-state index contributed by atoms with van der Waals surface area (Å²) >= 11 is 0. The van der Waals surface area contributed by atoms with Crippen molar-refractivity contribution in [2.75, 3.05) is 19.8 Å². The Morgan fingerprint density at radius 1 is 1.31 bits per heavy atom. The van der Waals surface area contributed by atoms with E-state index in [0.29, 0.717) is 26.1 Å². The minimum absolute atomic E-state index is 0.178. The van der Waals surface area contributed by atoms with Gasteiger partial charge in [-0.2, -0.15) is 0 Å². The molecule has 0 radical (unpaired) electrons. The number of nitrogens with one attached hydrogen (secondary N) is 1. The lowest BCUT2D eigenvalue weighted by molar-refractivity contribution is -0.132. The highest BCUT2D eigenvalue weighted by Crippen LogP contribution is 2.19. The Labute approximate surface area is 92.9 Å². The molecule has 0 aromatic carbocycles. The van der Waals surface area contributed by atoms with E-state index in [1.54, 1.807) is 0 Å². The number of hydrogen-bond acceptors (Lipinski definition) is 4. The van der Waals surface area contributed by atoms with E-state index >= 15 is 0 Å². The predicted molar refractivity (Wildman–Crippen MR) is 54.8 cm³/mol. The lowest BCUT2D eigenvalue weighted by atomic mass is 9.91. The smallest absolute Gasteiger partial charge is 0.328 e. The maximum absolute atomic E-state index is 11.4. The zero-order valence-electron chi connectivity index (χ0n) is 8.81. The summed E-state index contributed by atoms with van der Waals surface area (Å²) in [6.07, 6.45) is 2.75. The van der Waals surface area contributed by atoms with Crippen LogP contribution in [0.2, 0.25) is 0 Å². The van der Waals surface area contributed by atoms with E-state index in [1.807, 2.05) is 0 Å². The summed E-state index contributed by atoms with van der Waals surface area (Å²) in [6.45, 7) is 0.774. The van der Waals surface area contributed by atoms with Gasteiger partial charge < -0.3 is 20.3 Å². The zero-order valence-corrected chi connectivity index (χ0v) is 8.81. The number of aliphatic hydroxyl groups excluding tert-OH is 1. The van der Waals surface area contributed by atoms with Crippen LogP contribution < -0.4 is 5.32 Å². The maximum Gasteiger partial charge on any atom is 0.328 e. The molecule has 0 unspecified atom stereocenters. The molecule has 1 aliphatic rings. The Balaban J connectivity index is 2.55. The minimum atomic E-state index is -1.18. The molecule has 1 heterocycles. The van der Waals surface area contributed by atoms with E-state index in [9.17, 15) is 14.7 Å². The first-order valence-electron chi connectivity index (χ1n) is 5.00. The molecule has 16 heavy (non-hydrogen) atoms. The standard InChI is InChI=1S/C10H15NO5/c12-7-10(3-5-16-6-4-10)11-8(13)1-2-9(14)15/h1-2,12H,3-7H2,(H,11,13)(H,14,15)/b2-1+. The summed E-state index contributed by atoms with van der Waals surface area (Å²) in [5, 5.41) is 20.2. The quantitative estimate of drug-likeness (QED) is 0.553. The molecule has 0 aromatic rings. The van der Waals surface area contributed by atoms with Gasteiger partial charge in [-0.15, -0.1) is 0 Å². The number of ether oxygens (including phenoxy) is 1. The van der Waals surface area contributed by atoms with Crippen molar-refractivity contribution in [1.29, 1.82) is 0 Å². The zero-order chi connectivity index (χ0) is 12.0. The van der Waals surface area contributed by atoms with Crippen molar-refractivity contribution in [3.63, 3.8) is 0 Å². The number of carboxylic acids is 1. The van der Waals surface area contributed by atoms with Crippen LogP contribution in [0.5, 0.6) is 0 Å². The molecule has 1 amide bonds. The number of aliphatic hydroxyl groups is 1. The van der Waals surface area contributed by atoms with Crippen LogP contribution in [0.15, 0.2) is 12.2 Å². The van der Waals surface area contributed by atoms with E-state index in [0.717, 1.165) is 12.2 Å². The van der Waals surface area contributed by atoms with Crippen molar-refractivity contribution in [2.24, 2.45) is 0 Å². The first-order valence-corrected chi connectivity index (χ1v) is 5.00. The molecule has 0 saturated carbocycles. The van der Waals surface area contributed by atoms with Gasteiger partial charge >= 0.3 is 5.97 Å². The van der Waals surface area contributed by atoms with Gasteiger partial charge in [0.15, 0.2) is 0 Å². The second-order valence-corrected chi connectivity index (χ2v) is 3.71. The lowest BCUT2D eigenvalue weighted by Gasteiger charge is -2.35. The van der Waals surface area contributed by atoms with E-state index in [-0.39, 0.29) is 6.61 Å². The van der Waals surface area contributed by atoms with E-state index < -0.39 is 17.4 Å². The molecule has 90 valence electrons. The van der Waals surface area contributed by atoms with Crippen molar-refractivity contribution in [3.8, 4) is 0 Å². The van der Waals surface area contributed by atoms with Crippen molar-refractivity contribution in [2.45, 2.75) is 18.4 Å². The first-order chi connectivity index (χ1) is 7.58. The predicted octanol–water partition coefficient (Wildman–Crippen LogP) is -0.715. The molecule has 1 aliphatic heterocycles. The van der Waals surface area contributed by atoms with E-state index in [1.165, 1.54) is 0 Å². The number of rotatable bonds is 4. The van der Waals surface area contributed by atoms with Gasteiger partial charge in [-0.25, -0.2) is 4.79 Å².